The Balaban J connectivity index is 2.17. The first kappa shape index (κ1) is 9.71. The highest BCUT2D eigenvalue weighted by Gasteiger charge is 2.19. The van der Waals surface area contributed by atoms with Crippen LogP contribution in [0.5, 0.6) is 0 Å². The lowest BCUT2D eigenvalue weighted by molar-refractivity contribution is 0.456. The van der Waals surface area contributed by atoms with Crippen molar-refractivity contribution in [2.24, 2.45) is 5.73 Å². The minimum Gasteiger partial charge on any atom is -0.330 e. The third-order valence-corrected chi connectivity index (χ3v) is 3.23. The third kappa shape index (κ3) is 1.69. The van der Waals surface area contributed by atoms with E-state index >= 15 is 0 Å². The normalized spacial score (nSPS) is 17.9. The van der Waals surface area contributed by atoms with Gasteiger partial charge in [0.25, 0.3) is 0 Å². The van der Waals surface area contributed by atoms with E-state index in [4.69, 9.17) is 5.73 Å². The van der Waals surface area contributed by atoms with Gasteiger partial charge in [-0.25, -0.2) is 0 Å². The third-order valence-electron chi connectivity index (χ3n) is 3.23. The van der Waals surface area contributed by atoms with Crippen LogP contribution in [0.3, 0.4) is 0 Å². The van der Waals surface area contributed by atoms with Crippen LogP contribution in [0.4, 0.5) is 0 Å². The van der Waals surface area contributed by atoms with Crippen LogP contribution >= 0.6 is 0 Å². The minimum atomic E-state index is 0.654. The second kappa shape index (κ2) is 4.13. The van der Waals surface area contributed by atoms with Gasteiger partial charge < -0.3 is 5.73 Å². The minimum absolute atomic E-state index is 0.654. The molecule has 3 heteroatoms. The number of nitrogens with zero attached hydrogens (tertiary/aromatic N) is 2. The maximum Gasteiger partial charge on any atom is 0.0525 e. The summed E-state index contributed by atoms with van der Waals surface area (Å²) in [5.74, 6) is 0. The SMILES string of the molecule is Cc1c(CCN)cnn1C1CCCC1. The lowest BCUT2D eigenvalue weighted by Gasteiger charge is -2.12. The molecule has 1 aliphatic rings. The second-order valence-corrected chi connectivity index (χ2v) is 4.18. The maximum atomic E-state index is 5.56. The van der Waals surface area contributed by atoms with Gasteiger partial charge in [0, 0.05) is 5.69 Å². The first-order chi connectivity index (χ1) is 6.83. The number of aromatic nitrogens is 2. The van der Waals surface area contributed by atoms with E-state index in [0.29, 0.717) is 6.04 Å². The summed E-state index contributed by atoms with van der Waals surface area (Å²) in [6, 6.07) is 0.654. The van der Waals surface area contributed by atoms with Gasteiger partial charge >= 0.3 is 0 Å². The van der Waals surface area contributed by atoms with Crippen LogP contribution in [-0.4, -0.2) is 16.3 Å². The molecule has 1 aromatic rings. The van der Waals surface area contributed by atoms with E-state index < -0.39 is 0 Å². The largest absolute Gasteiger partial charge is 0.330 e. The van der Waals surface area contributed by atoms with Crippen LogP contribution in [-0.2, 0) is 6.42 Å². The van der Waals surface area contributed by atoms with Crippen molar-refractivity contribution in [2.45, 2.75) is 45.1 Å². The summed E-state index contributed by atoms with van der Waals surface area (Å²) in [6.45, 7) is 2.88. The average Bonchev–Trinajstić information content (AvgIpc) is 2.77. The molecule has 1 saturated carbocycles. The van der Waals surface area contributed by atoms with E-state index in [9.17, 15) is 0 Å². The molecule has 0 radical (unpaired) electrons. The molecule has 0 amide bonds. The molecule has 3 nitrogen and oxygen atoms in total. The van der Waals surface area contributed by atoms with E-state index in [1.807, 2.05) is 6.20 Å². The molecule has 78 valence electrons. The molecule has 1 heterocycles. The van der Waals surface area contributed by atoms with Crippen LogP contribution in [0.2, 0.25) is 0 Å². The van der Waals surface area contributed by atoms with Gasteiger partial charge in [-0.15, -0.1) is 0 Å². The Hall–Kier alpha value is -0.830. The molecule has 0 atom stereocenters. The van der Waals surface area contributed by atoms with Gasteiger partial charge in [-0.2, -0.15) is 5.10 Å². The predicted octanol–water partition coefficient (Wildman–Crippen LogP) is 1.81. The van der Waals surface area contributed by atoms with Crippen molar-refractivity contribution in [3.8, 4) is 0 Å². The second-order valence-electron chi connectivity index (χ2n) is 4.18. The summed E-state index contributed by atoms with van der Waals surface area (Å²) >= 11 is 0. The Kier molecular flexibility index (Phi) is 2.87. The van der Waals surface area contributed by atoms with Crippen molar-refractivity contribution < 1.29 is 0 Å². The van der Waals surface area contributed by atoms with E-state index in [2.05, 4.69) is 16.7 Å². The summed E-state index contributed by atoms with van der Waals surface area (Å²) in [5, 5.41) is 4.48. The van der Waals surface area contributed by atoms with Crippen LogP contribution in [0.15, 0.2) is 6.20 Å². The summed E-state index contributed by atoms with van der Waals surface area (Å²) in [7, 11) is 0. The van der Waals surface area contributed by atoms with Crippen molar-refractivity contribution >= 4 is 0 Å². The zero-order chi connectivity index (χ0) is 9.97. The smallest absolute Gasteiger partial charge is 0.0525 e. The highest BCUT2D eigenvalue weighted by atomic mass is 15.3. The van der Waals surface area contributed by atoms with E-state index in [-0.39, 0.29) is 0 Å². The number of hydrogen-bond acceptors (Lipinski definition) is 2. The number of rotatable bonds is 3. The highest BCUT2D eigenvalue weighted by Crippen LogP contribution is 2.30. The van der Waals surface area contributed by atoms with Crippen molar-refractivity contribution in [1.29, 1.82) is 0 Å². The lowest BCUT2D eigenvalue weighted by Crippen LogP contribution is -2.09. The summed E-state index contributed by atoms with van der Waals surface area (Å²) in [5.41, 5.74) is 8.20. The average molecular weight is 193 g/mol. The molecule has 0 aromatic carbocycles. The Morgan fingerprint density at radius 2 is 2.21 bits per heavy atom. The quantitative estimate of drug-likeness (QED) is 0.795. The molecule has 2 rings (SSSR count). The Morgan fingerprint density at radius 1 is 1.50 bits per heavy atom. The zero-order valence-corrected chi connectivity index (χ0v) is 8.87. The van der Waals surface area contributed by atoms with E-state index in [0.717, 1.165) is 13.0 Å². The van der Waals surface area contributed by atoms with E-state index in [1.54, 1.807) is 0 Å². The molecular formula is C11H19N3. The molecule has 1 aliphatic carbocycles. The molecule has 14 heavy (non-hydrogen) atoms. The van der Waals surface area contributed by atoms with Crippen molar-refractivity contribution in [1.82, 2.24) is 9.78 Å². The van der Waals surface area contributed by atoms with Crippen LogP contribution in [0.1, 0.15) is 43.0 Å². The molecule has 0 aliphatic heterocycles. The molecular weight excluding hydrogens is 174 g/mol. The zero-order valence-electron chi connectivity index (χ0n) is 8.87. The first-order valence-electron chi connectivity index (χ1n) is 5.56. The molecule has 0 unspecified atom stereocenters. The van der Waals surface area contributed by atoms with E-state index in [1.165, 1.54) is 36.9 Å². The Labute approximate surface area is 85.3 Å². The van der Waals surface area contributed by atoms with Gasteiger partial charge in [-0.05, 0) is 38.3 Å². The summed E-state index contributed by atoms with van der Waals surface area (Å²) in [4.78, 5) is 0. The topological polar surface area (TPSA) is 43.8 Å². The Morgan fingerprint density at radius 3 is 2.86 bits per heavy atom. The molecule has 1 fully saturated rings. The van der Waals surface area contributed by atoms with Crippen LogP contribution in [0.25, 0.3) is 0 Å². The fraction of sp³-hybridized carbons (Fsp3) is 0.727. The van der Waals surface area contributed by atoms with Gasteiger partial charge in [-0.3, -0.25) is 4.68 Å². The van der Waals surface area contributed by atoms with Gasteiger partial charge in [-0.1, -0.05) is 12.8 Å². The van der Waals surface area contributed by atoms with Crippen LogP contribution < -0.4 is 5.73 Å². The van der Waals surface area contributed by atoms with Crippen molar-refractivity contribution in [3.05, 3.63) is 17.5 Å². The molecule has 0 spiro atoms. The van der Waals surface area contributed by atoms with Crippen LogP contribution in [0, 0.1) is 6.92 Å². The monoisotopic (exact) mass is 193 g/mol. The first-order valence-corrected chi connectivity index (χ1v) is 5.56. The predicted molar refractivity (Wildman–Crippen MR) is 57.2 cm³/mol. The van der Waals surface area contributed by atoms with Gasteiger partial charge in [0.1, 0.15) is 0 Å². The summed E-state index contributed by atoms with van der Waals surface area (Å²) in [6.07, 6.45) is 8.25. The fourth-order valence-electron chi connectivity index (χ4n) is 2.38. The number of nitrogens with two attached hydrogens (primary N) is 1. The molecule has 0 bridgehead atoms. The standard InChI is InChI=1S/C11H19N3/c1-9-10(6-7-12)8-13-14(9)11-4-2-3-5-11/h8,11H,2-7,12H2,1H3. The maximum absolute atomic E-state index is 5.56. The molecule has 2 N–H and O–H groups in total. The van der Waals surface area contributed by atoms with Gasteiger partial charge in [0.15, 0.2) is 0 Å². The van der Waals surface area contributed by atoms with Gasteiger partial charge in [0.2, 0.25) is 0 Å². The summed E-state index contributed by atoms with van der Waals surface area (Å²) < 4.78 is 2.21. The molecule has 1 aromatic heterocycles. The van der Waals surface area contributed by atoms with Crippen molar-refractivity contribution in [2.75, 3.05) is 6.54 Å². The Bertz CT molecular complexity index is 297. The lowest BCUT2D eigenvalue weighted by atomic mass is 10.2. The van der Waals surface area contributed by atoms with Gasteiger partial charge in [0.05, 0.1) is 12.2 Å². The van der Waals surface area contributed by atoms with Crippen molar-refractivity contribution in [3.63, 3.8) is 0 Å². The fourth-order valence-corrected chi connectivity index (χ4v) is 2.38. The number of hydrogen-bond donors (Lipinski definition) is 1. The highest BCUT2D eigenvalue weighted by molar-refractivity contribution is 5.17. The molecule has 0 saturated heterocycles.